The molecule has 7 heteroatoms. The molecule has 108 valence electrons. The highest BCUT2D eigenvalue weighted by atomic mass is 32.2. The average molecular weight is 309 g/mol. The molecule has 0 saturated heterocycles. The van der Waals surface area contributed by atoms with Crippen LogP contribution in [0.4, 0.5) is 14.5 Å². The van der Waals surface area contributed by atoms with Gasteiger partial charge < -0.3 is 0 Å². The molecular formula is C14H9F2NO3S. The van der Waals surface area contributed by atoms with Gasteiger partial charge in [0.15, 0.2) is 5.78 Å². The molecule has 0 atom stereocenters. The number of ketones is 1. The molecule has 0 amide bonds. The molecule has 0 unspecified atom stereocenters. The third-order valence-electron chi connectivity index (χ3n) is 2.63. The molecule has 0 aliphatic carbocycles. The molecule has 4 nitrogen and oxygen atoms in total. The van der Waals surface area contributed by atoms with Crippen LogP contribution >= 0.6 is 11.8 Å². The first-order valence-electron chi connectivity index (χ1n) is 5.83. The number of nitro benzene ring substituents is 1. The number of carbonyl (C=O) groups excluding carboxylic acids is 1. The maximum Gasteiger partial charge on any atom is 0.270 e. The van der Waals surface area contributed by atoms with E-state index in [2.05, 4.69) is 0 Å². The maximum atomic E-state index is 13.4. The molecule has 2 aromatic rings. The van der Waals surface area contributed by atoms with Crippen LogP contribution in [0.25, 0.3) is 0 Å². The van der Waals surface area contributed by atoms with Gasteiger partial charge in [0, 0.05) is 28.7 Å². The van der Waals surface area contributed by atoms with Gasteiger partial charge in [-0.3, -0.25) is 14.9 Å². The van der Waals surface area contributed by atoms with E-state index in [1.165, 1.54) is 30.3 Å². The largest absolute Gasteiger partial charge is 0.293 e. The zero-order valence-electron chi connectivity index (χ0n) is 10.6. The first-order chi connectivity index (χ1) is 9.97. The summed E-state index contributed by atoms with van der Waals surface area (Å²) in [5.41, 5.74) is -0.00182. The van der Waals surface area contributed by atoms with Crippen LogP contribution in [0.15, 0.2) is 47.4 Å². The molecule has 2 rings (SSSR count). The molecule has 21 heavy (non-hydrogen) atoms. The predicted octanol–water partition coefficient (Wildman–Crippen LogP) is 3.85. The van der Waals surface area contributed by atoms with E-state index in [9.17, 15) is 23.7 Å². The number of Topliss-reactive ketones (excluding diaryl/α,β-unsaturated/α-hetero) is 1. The van der Waals surface area contributed by atoms with Gasteiger partial charge in [-0.1, -0.05) is 12.1 Å². The maximum absolute atomic E-state index is 13.4. The average Bonchev–Trinajstić information content (AvgIpc) is 2.46. The summed E-state index contributed by atoms with van der Waals surface area (Å²) in [6.45, 7) is 0. The van der Waals surface area contributed by atoms with Crippen LogP contribution in [-0.4, -0.2) is 16.5 Å². The molecule has 0 aliphatic rings. The predicted molar refractivity (Wildman–Crippen MR) is 74.5 cm³/mol. The summed E-state index contributed by atoms with van der Waals surface area (Å²) in [6.07, 6.45) is 0. The second-order valence-corrected chi connectivity index (χ2v) is 5.11. The Kier molecular flexibility index (Phi) is 4.64. The van der Waals surface area contributed by atoms with E-state index >= 15 is 0 Å². The fraction of sp³-hybridized carbons (Fsp3) is 0.0714. The van der Waals surface area contributed by atoms with Gasteiger partial charge in [-0.05, 0) is 12.1 Å². The number of thioether (sulfide) groups is 1. The van der Waals surface area contributed by atoms with E-state index in [1.54, 1.807) is 0 Å². The topological polar surface area (TPSA) is 60.2 Å². The third-order valence-corrected chi connectivity index (χ3v) is 3.68. The zero-order chi connectivity index (χ0) is 15.4. The van der Waals surface area contributed by atoms with Crippen molar-refractivity contribution < 1.29 is 18.5 Å². The summed E-state index contributed by atoms with van der Waals surface area (Å²) in [4.78, 5) is 22.1. The van der Waals surface area contributed by atoms with E-state index in [1.807, 2.05) is 0 Å². The van der Waals surface area contributed by atoms with Gasteiger partial charge in [0.05, 0.1) is 10.7 Å². The Labute approximate surface area is 122 Å². The number of rotatable bonds is 5. The Morgan fingerprint density at radius 3 is 2.62 bits per heavy atom. The Hall–Kier alpha value is -2.28. The normalized spacial score (nSPS) is 10.4. The Morgan fingerprint density at radius 2 is 1.95 bits per heavy atom. The van der Waals surface area contributed by atoms with E-state index in [0.717, 1.165) is 23.9 Å². The van der Waals surface area contributed by atoms with Crippen molar-refractivity contribution in [1.29, 1.82) is 0 Å². The quantitative estimate of drug-likeness (QED) is 0.364. The van der Waals surface area contributed by atoms with Crippen molar-refractivity contribution in [3.63, 3.8) is 0 Å². The van der Waals surface area contributed by atoms with Crippen molar-refractivity contribution in [1.82, 2.24) is 0 Å². The van der Waals surface area contributed by atoms with Crippen LogP contribution in [0.3, 0.4) is 0 Å². The number of hydrogen-bond donors (Lipinski definition) is 0. The molecule has 0 aliphatic heterocycles. The number of carbonyl (C=O) groups is 1. The summed E-state index contributed by atoms with van der Waals surface area (Å²) in [7, 11) is 0. The summed E-state index contributed by atoms with van der Waals surface area (Å²) < 4.78 is 26.2. The van der Waals surface area contributed by atoms with E-state index < -0.39 is 16.6 Å². The van der Waals surface area contributed by atoms with Gasteiger partial charge in [-0.2, -0.15) is 0 Å². The van der Waals surface area contributed by atoms with Gasteiger partial charge in [0.25, 0.3) is 5.69 Å². The summed E-state index contributed by atoms with van der Waals surface area (Å²) >= 11 is 0.912. The van der Waals surface area contributed by atoms with Gasteiger partial charge in [0.1, 0.15) is 11.6 Å². The molecule has 2 aromatic carbocycles. The minimum absolute atomic E-state index is 0.0935. The second-order valence-electron chi connectivity index (χ2n) is 4.09. The van der Waals surface area contributed by atoms with Crippen LogP contribution in [0.1, 0.15) is 10.4 Å². The fourth-order valence-electron chi connectivity index (χ4n) is 1.61. The Morgan fingerprint density at radius 1 is 1.19 bits per heavy atom. The van der Waals surface area contributed by atoms with Crippen LogP contribution in [0, 0.1) is 21.7 Å². The molecule has 0 heterocycles. The van der Waals surface area contributed by atoms with Crippen LogP contribution < -0.4 is 0 Å². The van der Waals surface area contributed by atoms with E-state index in [4.69, 9.17) is 0 Å². The minimum atomic E-state index is -0.744. The highest BCUT2D eigenvalue weighted by Gasteiger charge is 2.13. The Balaban J connectivity index is 2.08. The number of halogens is 2. The second kappa shape index (κ2) is 6.45. The van der Waals surface area contributed by atoms with E-state index in [-0.39, 0.29) is 27.7 Å². The molecule has 0 aromatic heterocycles. The molecule has 0 bridgehead atoms. The summed E-state index contributed by atoms with van der Waals surface area (Å²) in [6, 6.07) is 8.40. The zero-order valence-corrected chi connectivity index (χ0v) is 11.4. The van der Waals surface area contributed by atoms with Gasteiger partial charge in [-0.25, -0.2) is 8.78 Å². The highest BCUT2D eigenvalue weighted by molar-refractivity contribution is 8.00. The number of nitrogens with zero attached hydrogens (tertiary/aromatic N) is 1. The lowest BCUT2D eigenvalue weighted by molar-refractivity contribution is -0.384. The molecular weight excluding hydrogens is 300 g/mol. The fourth-order valence-corrected chi connectivity index (χ4v) is 2.43. The van der Waals surface area contributed by atoms with Crippen molar-refractivity contribution in [3.05, 3.63) is 69.8 Å². The standard InChI is InChI=1S/C14H9F2NO3S/c15-10-4-5-14(12(16)7-10)21-8-13(18)9-2-1-3-11(6-9)17(19)20/h1-7H,8H2. The van der Waals surface area contributed by atoms with Crippen molar-refractivity contribution in [2.45, 2.75) is 4.90 Å². The molecule has 0 fully saturated rings. The minimum Gasteiger partial charge on any atom is -0.293 e. The molecule has 0 radical (unpaired) electrons. The van der Waals surface area contributed by atoms with Crippen LogP contribution in [0.5, 0.6) is 0 Å². The van der Waals surface area contributed by atoms with Gasteiger partial charge >= 0.3 is 0 Å². The smallest absolute Gasteiger partial charge is 0.270 e. The number of hydrogen-bond acceptors (Lipinski definition) is 4. The number of benzene rings is 2. The lowest BCUT2D eigenvalue weighted by Crippen LogP contribution is -2.03. The monoisotopic (exact) mass is 309 g/mol. The molecule has 0 spiro atoms. The van der Waals surface area contributed by atoms with Crippen molar-refractivity contribution in [3.8, 4) is 0 Å². The summed E-state index contributed by atoms with van der Waals surface area (Å²) in [5.74, 6) is -1.90. The van der Waals surface area contributed by atoms with Crippen molar-refractivity contribution >= 4 is 23.2 Å². The Bertz CT molecular complexity index is 706. The summed E-state index contributed by atoms with van der Waals surface area (Å²) in [5, 5.41) is 10.6. The van der Waals surface area contributed by atoms with Crippen LogP contribution in [0.2, 0.25) is 0 Å². The SMILES string of the molecule is O=C(CSc1ccc(F)cc1F)c1cccc([N+](=O)[O-])c1. The molecule has 0 saturated carbocycles. The van der Waals surface area contributed by atoms with Gasteiger partial charge in [0.2, 0.25) is 0 Å². The lowest BCUT2D eigenvalue weighted by atomic mass is 10.1. The highest BCUT2D eigenvalue weighted by Crippen LogP contribution is 2.24. The third kappa shape index (κ3) is 3.85. The van der Waals surface area contributed by atoms with E-state index in [0.29, 0.717) is 0 Å². The van der Waals surface area contributed by atoms with Crippen LogP contribution in [-0.2, 0) is 0 Å². The first kappa shape index (κ1) is 15.1. The number of nitro groups is 1. The lowest BCUT2D eigenvalue weighted by Gasteiger charge is -2.03. The molecule has 0 N–H and O–H groups in total. The van der Waals surface area contributed by atoms with Crippen molar-refractivity contribution in [2.24, 2.45) is 0 Å². The first-order valence-corrected chi connectivity index (χ1v) is 6.81. The van der Waals surface area contributed by atoms with Crippen molar-refractivity contribution in [2.75, 3.05) is 5.75 Å². The number of non-ortho nitro benzene ring substituents is 1. The van der Waals surface area contributed by atoms with Gasteiger partial charge in [-0.15, -0.1) is 11.8 Å².